The SMILES string of the molecule is NC(=O)N1CCC2(CCc3cc(-c4c[nH]c5ccccc45)ccc3O2)CC1. The van der Waals surface area contributed by atoms with Crippen molar-refractivity contribution in [1.82, 2.24) is 9.88 Å². The second-order valence-electron chi connectivity index (χ2n) is 7.68. The van der Waals surface area contributed by atoms with Gasteiger partial charge in [-0.1, -0.05) is 24.3 Å². The molecular formula is C22H23N3O2. The molecule has 0 unspecified atom stereocenters. The van der Waals surface area contributed by atoms with Gasteiger partial charge in [0, 0.05) is 48.6 Å². The van der Waals surface area contributed by atoms with Crippen LogP contribution >= 0.6 is 0 Å². The van der Waals surface area contributed by atoms with Crippen LogP contribution in [0, 0.1) is 0 Å². The second-order valence-corrected chi connectivity index (χ2v) is 7.68. The number of nitrogens with zero attached hydrogens (tertiary/aromatic N) is 1. The molecule has 1 fully saturated rings. The Morgan fingerprint density at radius 3 is 2.74 bits per heavy atom. The quantitative estimate of drug-likeness (QED) is 0.686. The van der Waals surface area contributed by atoms with Gasteiger partial charge in [0.05, 0.1) is 0 Å². The zero-order chi connectivity index (χ0) is 18.4. The minimum Gasteiger partial charge on any atom is -0.487 e. The number of rotatable bonds is 1. The van der Waals surface area contributed by atoms with Gasteiger partial charge in [0.15, 0.2) is 0 Å². The summed E-state index contributed by atoms with van der Waals surface area (Å²) in [4.78, 5) is 16.4. The number of hydrogen-bond acceptors (Lipinski definition) is 2. The fourth-order valence-electron chi connectivity index (χ4n) is 4.49. The molecule has 3 heterocycles. The number of piperidine rings is 1. The molecule has 27 heavy (non-hydrogen) atoms. The van der Waals surface area contributed by atoms with Crippen molar-refractivity contribution in [2.75, 3.05) is 13.1 Å². The summed E-state index contributed by atoms with van der Waals surface area (Å²) < 4.78 is 6.46. The number of benzene rings is 2. The third-order valence-corrected chi connectivity index (χ3v) is 6.12. The van der Waals surface area contributed by atoms with Crippen LogP contribution in [-0.2, 0) is 6.42 Å². The normalized spacial score (nSPS) is 18.3. The van der Waals surface area contributed by atoms with Gasteiger partial charge in [-0.3, -0.25) is 0 Å². The highest BCUT2D eigenvalue weighted by molar-refractivity contribution is 5.95. The molecule has 0 bridgehead atoms. The number of aryl methyl sites for hydroxylation is 1. The third-order valence-electron chi connectivity index (χ3n) is 6.12. The number of H-pyrrole nitrogens is 1. The molecule has 3 aromatic rings. The van der Waals surface area contributed by atoms with Crippen LogP contribution < -0.4 is 10.5 Å². The van der Waals surface area contributed by atoms with E-state index in [1.54, 1.807) is 4.90 Å². The van der Waals surface area contributed by atoms with Gasteiger partial charge in [0.2, 0.25) is 0 Å². The molecule has 2 aromatic carbocycles. The number of likely N-dealkylation sites (tertiary alicyclic amines) is 1. The molecule has 1 aromatic heterocycles. The third kappa shape index (κ3) is 2.74. The highest BCUT2D eigenvalue weighted by atomic mass is 16.5. The van der Waals surface area contributed by atoms with E-state index >= 15 is 0 Å². The van der Waals surface area contributed by atoms with Gasteiger partial charge < -0.3 is 20.4 Å². The molecule has 138 valence electrons. The van der Waals surface area contributed by atoms with E-state index in [0.29, 0.717) is 13.1 Å². The number of primary amides is 1. The average Bonchev–Trinajstić information content (AvgIpc) is 3.12. The Hall–Kier alpha value is -2.95. The number of aromatic nitrogens is 1. The van der Waals surface area contributed by atoms with Crippen LogP contribution in [0.25, 0.3) is 22.0 Å². The van der Waals surface area contributed by atoms with E-state index in [0.717, 1.165) is 36.9 Å². The van der Waals surface area contributed by atoms with Crippen molar-refractivity contribution in [3.8, 4) is 16.9 Å². The summed E-state index contributed by atoms with van der Waals surface area (Å²) in [6.07, 6.45) is 5.77. The number of nitrogens with two attached hydrogens (primary N) is 1. The Bertz CT molecular complexity index is 1020. The number of hydrogen-bond donors (Lipinski definition) is 2. The van der Waals surface area contributed by atoms with E-state index in [9.17, 15) is 4.79 Å². The minimum atomic E-state index is -0.329. The van der Waals surface area contributed by atoms with Gasteiger partial charge in [-0.2, -0.15) is 0 Å². The molecule has 1 saturated heterocycles. The summed E-state index contributed by atoms with van der Waals surface area (Å²) in [5.41, 5.74) is 10.1. The van der Waals surface area contributed by atoms with E-state index in [2.05, 4.69) is 47.6 Å². The Morgan fingerprint density at radius 1 is 1.11 bits per heavy atom. The molecule has 5 rings (SSSR count). The van der Waals surface area contributed by atoms with Gasteiger partial charge in [-0.05, 0) is 42.2 Å². The largest absolute Gasteiger partial charge is 0.487 e. The first-order valence-corrected chi connectivity index (χ1v) is 9.56. The van der Waals surface area contributed by atoms with Gasteiger partial charge >= 0.3 is 6.03 Å². The number of para-hydroxylation sites is 1. The van der Waals surface area contributed by atoms with E-state index in [1.165, 1.54) is 22.1 Å². The predicted octanol–water partition coefficient (Wildman–Crippen LogP) is 4.07. The monoisotopic (exact) mass is 361 g/mol. The lowest BCUT2D eigenvalue weighted by molar-refractivity contribution is -0.00471. The van der Waals surface area contributed by atoms with E-state index in [-0.39, 0.29) is 11.6 Å². The molecule has 5 heteroatoms. The lowest BCUT2D eigenvalue weighted by Crippen LogP contribution is -2.52. The van der Waals surface area contributed by atoms with Crippen molar-refractivity contribution in [2.24, 2.45) is 5.73 Å². The predicted molar refractivity (Wildman–Crippen MR) is 106 cm³/mol. The number of carbonyl (C=O) groups is 1. The number of amides is 2. The van der Waals surface area contributed by atoms with Crippen LogP contribution in [0.1, 0.15) is 24.8 Å². The zero-order valence-corrected chi connectivity index (χ0v) is 15.2. The second kappa shape index (κ2) is 6.05. The number of fused-ring (bicyclic) bond motifs is 2. The van der Waals surface area contributed by atoms with Gasteiger partial charge in [0.25, 0.3) is 0 Å². The molecular weight excluding hydrogens is 338 g/mol. The molecule has 0 saturated carbocycles. The van der Waals surface area contributed by atoms with Crippen LogP contribution in [0.4, 0.5) is 4.79 Å². The summed E-state index contributed by atoms with van der Waals surface area (Å²) in [5.74, 6) is 0.984. The van der Waals surface area contributed by atoms with Gasteiger partial charge in [-0.15, -0.1) is 0 Å². The highest BCUT2D eigenvalue weighted by Gasteiger charge is 2.40. The number of aromatic amines is 1. The molecule has 2 aliphatic rings. The maximum atomic E-state index is 11.4. The number of nitrogens with one attached hydrogen (secondary N) is 1. The molecule has 0 radical (unpaired) electrons. The Kier molecular flexibility index (Phi) is 3.64. The fourth-order valence-corrected chi connectivity index (χ4v) is 4.49. The first-order valence-electron chi connectivity index (χ1n) is 9.56. The van der Waals surface area contributed by atoms with Crippen molar-refractivity contribution in [2.45, 2.75) is 31.3 Å². The lowest BCUT2D eigenvalue weighted by atomic mass is 9.82. The van der Waals surface area contributed by atoms with Crippen molar-refractivity contribution < 1.29 is 9.53 Å². The Labute approximate surface area is 158 Å². The number of urea groups is 1. The van der Waals surface area contributed by atoms with E-state index in [4.69, 9.17) is 10.5 Å². The molecule has 0 atom stereocenters. The standard InChI is InChI=1S/C22H23N3O2/c23-21(26)25-11-9-22(10-12-25)8-7-16-13-15(5-6-20(16)27-22)18-14-24-19-4-2-1-3-17(18)19/h1-6,13-14,24H,7-12H2,(H2,23,26). The van der Waals surface area contributed by atoms with Crippen LogP contribution in [0.3, 0.4) is 0 Å². The van der Waals surface area contributed by atoms with Crippen molar-refractivity contribution in [3.05, 3.63) is 54.2 Å². The van der Waals surface area contributed by atoms with Crippen LogP contribution in [0.15, 0.2) is 48.7 Å². The number of ether oxygens (including phenoxy) is 1. The maximum Gasteiger partial charge on any atom is 0.314 e. The van der Waals surface area contributed by atoms with Gasteiger partial charge in [0.1, 0.15) is 11.4 Å². The minimum absolute atomic E-state index is 0.152. The van der Waals surface area contributed by atoms with Crippen molar-refractivity contribution >= 4 is 16.9 Å². The van der Waals surface area contributed by atoms with Gasteiger partial charge in [-0.25, -0.2) is 4.79 Å². The van der Waals surface area contributed by atoms with E-state index in [1.807, 2.05) is 6.07 Å². The lowest BCUT2D eigenvalue weighted by Gasteiger charge is -2.44. The van der Waals surface area contributed by atoms with E-state index < -0.39 is 0 Å². The first kappa shape index (κ1) is 16.2. The van der Waals surface area contributed by atoms with Crippen LogP contribution in [-0.4, -0.2) is 34.6 Å². The molecule has 0 aliphatic carbocycles. The first-order chi connectivity index (χ1) is 13.1. The summed E-state index contributed by atoms with van der Waals surface area (Å²) in [7, 11) is 0. The highest BCUT2D eigenvalue weighted by Crippen LogP contribution is 2.41. The molecule has 5 nitrogen and oxygen atoms in total. The zero-order valence-electron chi connectivity index (χ0n) is 15.2. The van der Waals surface area contributed by atoms with Crippen LogP contribution in [0.2, 0.25) is 0 Å². The summed E-state index contributed by atoms with van der Waals surface area (Å²) in [6.45, 7) is 1.36. The van der Waals surface area contributed by atoms with Crippen molar-refractivity contribution in [1.29, 1.82) is 0 Å². The molecule has 2 amide bonds. The summed E-state index contributed by atoms with van der Waals surface area (Å²) in [6, 6.07) is 14.6. The average molecular weight is 361 g/mol. The number of carbonyl (C=O) groups excluding carboxylic acids is 1. The summed E-state index contributed by atoms with van der Waals surface area (Å²) >= 11 is 0. The molecule has 3 N–H and O–H groups in total. The smallest absolute Gasteiger partial charge is 0.314 e. The molecule has 1 spiro atoms. The Balaban J connectivity index is 1.41. The fraction of sp³-hybridized carbons (Fsp3) is 0.318. The maximum absolute atomic E-state index is 11.4. The Morgan fingerprint density at radius 2 is 1.93 bits per heavy atom. The van der Waals surface area contributed by atoms with Crippen LogP contribution in [0.5, 0.6) is 5.75 Å². The molecule has 2 aliphatic heterocycles. The topological polar surface area (TPSA) is 71.4 Å². The van der Waals surface area contributed by atoms with Crippen molar-refractivity contribution in [3.63, 3.8) is 0 Å². The summed E-state index contributed by atoms with van der Waals surface area (Å²) in [5, 5.41) is 1.24.